The maximum atomic E-state index is 13.0. The first-order chi connectivity index (χ1) is 16.3. The zero-order valence-corrected chi connectivity index (χ0v) is 19.4. The molecular formula is C25H31F3N4O2. The Hall–Kier alpha value is -2.52. The fraction of sp³-hybridized carbons (Fsp3) is 0.560. The maximum absolute atomic E-state index is 13.0. The quantitative estimate of drug-likeness (QED) is 0.676. The van der Waals surface area contributed by atoms with Gasteiger partial charge in [-0.2, -0.15) is 13.2 Å². The number of methoxy groups -OCH3 is 1. The molecule has 1 aromatic heterocycles. The van der Waals surface area contributed by atoms with Gasteiger partial charge in [-0.15, -0.1) is 0 Å². The van der Waals surface area contributed by atoms with E-state index in [1.807, 2.05) is 0 Å². The van der Waals surface area contributed by atoms with Gasteiger partial charge in [-0.3, -0.25) is 4.79 Å². The molecule has 2 aliphatic rings. The first-order valence-corrected chi connectivity index (χ1v) is 11.9. The smallest absolute Gasteiger partial charge is 0.380 e. The van der Waals surface area contributed by atoms with Crippen molar-refractivity contribution >= 4 is 5.91 Å². The number of rotatable bonds is 6. The summed E-state index contributed by atoms with van der Waals surface area (Å²) in [6.07, 6.45) is 3.70. The third-order valence-corrected chi connectivity index (χ3v) is 6.82. The highest BCUT2D eigenvalue weighted by Crippen LogP contribution is 2.30. The number of alkyl halides is 3. The fourth-order valence-corrected chi connectivity index (χ4v) is 4.96. The van der Waals surface area contributed by atoms with Crippen LogP contribution in [0, 0.1) is 0 Å². The van der Waals surface area contributed by atoms with E-state index in [1.165, 1.54) is 25.2 Å². The van der Waals surface area contributed by atoms with Gasteiger partial charge < -0.3 is 15.0 Å². The Morgan fingerprint density at radius 2 is 1.88 bits per heavy atom. The Morgan fingerprint density at radius 1 is 1.12 bits per heavy atom. The average molecular weight is 477 g/mol. The lowest BCUT2D eigenvalue weighted by Gasteiger charge is -2.38. The molecule has 2 heterocycles. The van der Waals surface area contributed by atoms with E-state index in [4.69, 9.17) is 4.74 Å². The van der Waals surface area contributed by atoms with E-state index in [9.17, 15) is 18.0 Å². The second-order valence-corrected chi connectivity index (χ2v) is 9.17. The second-order valence-electron chi connectivity index (χ2n) is 9.17. The summed E-state index contributed by atoms with van der Waals surface area (Å²) in [4.78, 5) is 23.1. The van der Waals surface area contributed by atoms with Crippen molar-refractivity contribution in [2.45, 2.75) is 69.3 Å². The molecule has 2 atom stereocenters. The molecule has 1 amide bonds. The topological polar surface area (TPSA) is 67.3 Å². The number of benzene rings is 1. The predicted molar refractivity (Wildman–Crippen MR) is 121 cm³/mol. The van der Waals surface area contributed by atoms with Crippen LogP contribution in [0.15, 0.2) is 36.7 Å². The molecule has 9 heteroatoms. The number of carbonyl (C=O) groups excluding carboxylic acids is 1. The summed E-state index contributed by atoms with van der Waals surface area (Å²) >= 11 is 0. The molecule has 1 N–H and O–H groups in total. The number of ether oxygens (including phenoxy) is 1. The Bertz CT molecular complexity index is 977. The number of amides is 1. The standard InChI is InChI=1S/C25H31F3N4O2/c1-34-23-8-3-2-7-21(23)31-19-9-11-32(12-10-19)24(33)22-15-20(29-16-30-22)14-17-5-4-6-18(13-17)25(26,27)28/h4-6,13,15-16,19,21,23,31H,2-3,7-12,14H2,1H3/t21-,23+/m0/s1. The van der Waals surface area contributed by atoms with Gasteiger partial charge in [0, 0.05) is 44.4 Å². The highest BCUT2D eigenvalue weighted by molar-refractivity contribution is 5.92. The minimum atomic E-state index is -4.40. The number of piperidine rings is 1. The first kappa shape index (κ1) is 24.6. The molecule has 0 radical (unpaired) electrons. The summed E-state index contributed by atoms with van der Waals surface area (Å²) in [6.45, 7) is 1.27. The van der Waals surface area contributed by atoms with Crippen molar-refractivity contribution < 1.29 is 22.7 Å². The van der Waals surface area contributed by atoms with Gasteiger partial charge in [0.1, 0.15) is 12.0 Å². The van der Waals surface area contributed by atoms with Gasteiger partial charge in [-0.05, 0) is 43.4 Å². The minimum Gasteiger partial charge on any atom is -0.380 e. The van der Waals surface area contributed by atoms with Crippen LogP contribution in [-0.4, -0.2) is 59.2 Å². The molecule has 1 saturated heterocycles. The third kappa shape index (κ3) is 6.13. The van der Waals surface area contributed by atoms with Crippen molar-refractivity contribution in [2.24, 2.45) is 0 Å². The zero-order valence-electron chi connectivity index (χ0n) is 19.4. The number of aromatic nitrogens is 2. The van der Waals surface area contributed by atoms with E-state index in [1.54, 1.807) is 24.1 Å². The lowest BCUT2D eigenvalue weighted by Crippen LogP contribution is -2.52. The summed E-state index contributed by atoms with van der Waals surface area (Å²) in [5, 5.41) is 3.74. The first-order valence-electron chi connectivity index (χ1n) is 11.9. The van der Waals surface area contributed by atoms with E-state index in [0.717, 1.165) is 37.8 Å². The number of hydrogen-bond acceptors (Lipinski definition) is 5. The van der Waals surface area contributed by atoms with Crippen LogP contribution in [0.4, 0.5) is 13.2 Å². The average Bonchev–Trinajstić information content (AvgIpc) is 2.84. The third-order valence-electron chi connectivity index (χ3n) is 6.82. The number of carbonyl (C=O) groups is 1. The molecule has 1 saturated carbocycles. The molecule has 2 aromatic rings. The van der Waals surface area contributed by atoms with Crippen LogP contribution in [0.25, 0.3) is 0 Å². The maximum Gasteiger partial charge on any atom is 0.416 e. The van der Waals surface area contributed by atoms with E-state index in [0.29, 0.717) is 36.4 Å². The van der Waals surface area contributed by atoms with E-state index in [2.05, 4.69) is 15.3 Å². The molecular weight excluding hydrogens is 445 g/mol. The van der Waals surface area contributed by atoms with Crippen molar-refractivity contribution in [1.82, 2.24) is 20.2 Å². The number of halogens is 3. The zero-order chi connectivity index (χ0) is 24.1. The fourth-order valence-electron chi connectivity index (χ4n) is 4.96. The van der Waals surface area contributed by atoms with Crippen molar-refractivity contribution in [3.8, 4) is 0 Å². The minimum absolute atomic E-state index is 0.168. The van der Waals surface area contributed by atoms with Gasteiger partial charge in [-0.25, -0.2) is 9.97 Å². The van der Waals surface area contributed by atoms with Crippen molar-refractivity contribution in [2.75, 3.05) is 20.2 Å². The molecule has 1 aromatic carbocycles. The normalized spacial score (nSPS) is 22.1. The lowest BCUT2D eigenvalue weighted by atomic mass is 9.91. The van der Waals surface area contributed by atoms with Gasteiger partial charge in [0.15, 0.2) is 0 Å². The molecule has 6 nitrogen and oxygen atoms in total. The van der Waals surface area contributed by atoms with Crippen LogP contribution < -0.4 is 5.32 Å². The van der Waals surface area contributed by atoms with Crippen LogP contribution >= 0.6 is 0 Å². The second kappa shape index (κ2) is 10.8. The summed E-state index contributed by atoms with van der Waals surface area (Å²) in [5.74, 6) is -0.168. The summed E-state index contributed by atoms with van der Waals surface area (Å²) < 4.78 is 44.6. The molecule has 2 fully saturated rings. The molecule has 184 valence electrons. The number of nitrogens with one attached hydrogen (secondary N) is 1. The van der Waals surface area contributed by atoms with Crippen LogP contribution in [0.5, 0.6) is 0 Å². The van der Waals surface area contributed by atoms with Crippen molar-refractivity contribution in [3.05, 3.63) is 59.2 Å². The van der Waals surface area contributed by atoms with E-state index >= 15 is 0 Å². The van der Waals surface area contributed by atoms with Gasteiger partial charge in [0.2, 0.25) is 0 Å². The monoisotopic (exact) mass is 476 g/mol. The highest BCUT2D eigenvalue weighted by Gasteiger charge is 2.31. The number of likely N-dealkylation sites (tertiary alicyclic amines) is 1. The van der Waals surface area contributed by atoms with Gasteiger partial charge in [-0.1, -0.05) is 31.0 Å². The molecule has 0 unspecified atom stereocenters. The Labute approximate surface area is 197 Å². The summed E-state index contributed by atoms with van der Waals surface area (Å²) in [5.41, 5.74) is 0.569. The number of hydrogen-bond donors (Lipinski definition) is 1. The molecule has 0 spiro atoms. The van der Waals surface area contributed by atoms with Gasteiger partial charge >= 0.3 is 6.18 Å². The van der Waals surface area contributed by atoms with Crippen LogP contribution in [-0.2, 0) is 17.3 Å². The van der Waals surface area contributed by atoms with Crippen LogP contribution in [0.1, 0.15) is 65.8 Å². The molecule has 4 rings (SSSR count). The molecule has 1 aliphatic carbocycles. The molecule has 0 bridgehead atoms. The Kier molecular flexibility index (Phi) is 7.83. The highest BCUT2D eigenvalue weighted by atomic mass is 19.4. The van der Waals surface area contributed by atoms with Crippen molar-refractivity contribution in [1.29, 1.82) is 0 Å². The van der Waals surface area contributed by atoms with E-state index < -0.39 is 11.7 Å². The Balaban J connectivity index is 1.34. The van der Waals surface area contributed by atoms with Gasteiger partial charge in [0.25, 0.3) is 5.91 Å². The van der Waals surface area contributed by atoms with Crippen LogP contribution in [0.2, 0.25) is 0 Å². The SMILES string of the molecule is CO[C@@H]1CCCC[C@@H]1NC1CCN(C(=O)c2cc(Cc3cccc(C(F)(F)F)c3)ncn2)CC1. The van der Waals surface area contributed by atoms with E-state index in [-0.39, 0.29) is 24.1 Å². The van der Waals surface area contributed by atoms with Crippen LogP contribution in [0.3, 0.4) is 0 Å². The largest absolute Gasteiger partial charge is 0.416 e. The summed E-state index contributed by atoms with van der Waals surface area (Å²) in [7, 11) is 1.77. The molecule has 34 heavy (non-hydrogen) atoms. The summed E-state index contributed by atoms with van der Waals surface area (Å²) in [6, 6.07) is 7.46. The number of nitrogens with zero attached hydrogens (tertiary/aromatic N) is 3. The van der Waals surface area contributed by atoms with Gasteiger partial charge in [0.05, 0.1) is 11.7 Å². The van der Waals surface area contributed by atoms with Crippen molar-refractivity contribution in [3.63, 3.8) is 0 Å². The predicted octanol–water partition coefficient (Wildman–Crippen LogP) is 4.24. The molecule has 1 aliphatic heterocycles. The Morgan fingerprint density at radius 3 is 2.62 bits per heavy atom. The lowest BCUT2D eigenvalue weighted by molar-refractivity contribution is -0.137.